The van der Waals surface area contributed by atoms with Crippen molar-refractivity contribution >= 4 is 8.07 Å². The first-order valence-electron chi connectivity index (χ1n) is 8.13. The highest BCUT2D eigenvalue weighted by Gasteiger charge is 2.06. The smallest absolute Gasteiger partial charge is 0.118 e. The molecule has 0 fully saturated rings. The van der Waals surface area contributed by atoms with Crippen LogP contribution in [0, 0.1) is 35.1 Å². The van der Waals surface area contributed by atoms with Crippen molar-refractivity contribution in [2.75, 3.05) is 0 Å². The molecule has 0 saturated heterocycles. The van der Waals surface area contributed by atoms with Crippen LogP contribution in [0.15, 0.2) is 24.3 Å². The molecule has 0 aliphatic carbocycles. The van der Waals surface area contributed by atoms with E-state index in [1.807, 2.05) is 0 Å². The lowest BCUT2D eigenvalue weighted by atomic mass is 10.0. The lowest BCUT2D eigenvalue weighted by Gasteiger charge is -2.01. The minimum atomic E-state index is -1.32. The van der Waals surface area contributed by atoms with Crippen molar-refractivity contribution in [1.29, 1.82) is 0 Å². The van der Waals surface area contributed by atoms with Gasteiger partial charge in [-0.2, -0.15) is 0 Å². The molecule has 22 heavy (non-hydrogen) atoms. The second-order valence-corrected chi connectivity index (χ2v) is 11.3. The van der Waals surface area contributed by atoms with Gasteiger partial charge in [-0.05, 0) is 54.2 Å². The number of hydrogen-bond acceptors (Lipinski definition) is 0. The molecule has 0 atom stereocenters. The van der Waals surface area contributed by atoms with E-state index in [9.17, 15) is 0 Å². The van der Waals surface area contributed by atoms with Gasteiger partial charge in [-0.1, -0.05) is 63.9 Å². The van der Waals surface area contributed by atoms with Crippen molar-refractivity contribution in [3.05, 3.63) is 35.4 Å². The van der Waals surface area contributed by atoms with Gasteiger partial charge in [0.15, 0.2) is 0 Å². The molecular formula is C21H26Si. The Balaban J connectivity index is 2.50. The van der Waals surface area contributed by atoms with Gasteiger partial charge in [-0.3, -0.25) is 0 Å². The van der Waals surface area contributed by atoms with Crippen LogP contribution in [0.4, 0.5) is 0 Å². The van der Waals surface area contributed by atoms with Crippen LogP contribution in [-0.4, -0.2) is 8.07 Å². The largest absolute Gasteiger partial charge is 0.130 e. The van der Waals surface area contributed by atoms with Crippen LogP contribution >= 0.6 is 0 Å². The number of hydrogen-bond donors (Lipinski definition) is 0. The van der Waals surface area contributed by atoms with Gasteiger partial charge in [0.05, 0.1) is 0 Å². The molecule has 0 heterocycles. The van der Waals surface area contributed by atoms with Crippen LogP contribution in [0.1, 0.15) is 43.7 Å². The molecule has 0 nitrogen and oxygen atoms in total. The number of unbranched alkanes of at least 4 members (excludes halogenated alkanes) is 3. The minimum absolute atomic E-state index is 1.02. The van der Waals surface area contributed by atoms with Crippen molar-refractivity contribution in [2.24, 2.45) is 0 Å². The molecule has 0 aliphatic rings. The highest BCUT2D eigenvalue weighted by Crippen LogP contribution is 2.09. The van der Waals surface area contributed by atoms with Crippen LogP contribution < -0.4 is 0 Å². The molecule has 0 bridgehead atoms. The van der Waals surface area contributed by atoms with Crippen molar-refractivity contribution in [3.8, 4) is 35.1 Å². The fourth-order valence-electron chi connectivity index (χ4n) is 1.90. The molecule has 0 spiro atoms. The minimum Gasteiger partial charge on any atom is -0.118 e. The summed E-state index contributed by atoms with van der Waals surface area (Å²) < 4.78 is 0. The predicted octanol–water partition coefficient (Wildman–Crippen LogP) is 5.05. The number of benzene rings is 1. The molecule has 0 radical (unpaired) electrons. The van der Waals surface area contributed by atoms with Crippen LogP contribution in [-0.2, 0) is 6.42 Å². The molecule has 0 amide bonds. The summed E-state index contributed by atoms with van der Waals surface area (Å²) in [6.45, 7) is 8.86. The van der Waals surface area contributed by atoms with E-state index in [0.717, 1.165) is 5.56 Å². The fraction of sp³-hybridized carbons (Fsp3) is 0.429. The van der Waals surface area contributed by atoms with Gasteiger partial charge in [0, 0.05) is 5.56 Å². The summed E-state index contributed by atoms with van der Waals surface area (Å²) >= 11 is 0. The zero-order valence-electron chi connectivity index (χ0n) is 14.3. The third-order valence-corrected chi connectivity index (χ3v) is 3.98. The second-order valence-electron chi connectivity index (χ2n) is 6.51. The Labute approximate surface area is 137 Å². The van der Waals surface area contributed by atoms with E-state index in [1.165, 1.54) is 37.7 Å². The van der Waals surface area contributed by atoms with E-state index < -0.39 is 8.07 Å². The summed E-state index contributed by atoms with van der Waals surface area (Å²) in [6, 6.07) is 8.51. The Hall–Kier alpha value is -1.88. The molecule has 0 aliphatic heterocycles. The van der Waals surface area contributed by atoms with Crippen LogP contribution in [0.5, 0.6) is 0 Å². The maximum absolute atomic E-state index is 3.20. The van der Waals surface area contributed by atoms with Gasteiger partial charge >= 0.3 is 0 Å². The van der Waals surface area contributed by atoms with Gasteiger partial charge in [-0.15, -0.1) is 5.54 Å². The van der Waals surface area contributed by atoms with Crippen LogP contribution in [0.3, 0.4) is 0 Å². The van der Waals surface area contributed by atoms with Crippen molar-refractivity contribution in [1.82, 2.24) is 0 Å². The Bertz CT molecular complexity index is 625. The first-order chi connectivity index (χ1) is 10.5. The van der Waals surface area contributed by atoms with Gasteiger partial charge in [0.1, 0.15) is 8.07 Å². The van der Waals surface area contributed by atoms with Crippen LogP contribution in [0.2, 0.25) is 19.6 Å². The topological polar surface area (TPSA) is 0 Å². The zero-order chi connectivity index (χ0) is 16.3. The van der Waals surface area contributed by atoms with Gasteiger partial charge in [0.25, 0.3) is 0 Å². The predicted molar refractivity (Wildman–Crippen MR) is 100 cm³/mol. The van der Waals surface area contributed by atoms with Gasteiger partial charge < -0.3 is 0 Å². The Morgan fingerprint density at radius 2 is 1.50 bits per heavy atom. The molecular weight excluding hydrogens is 280 g/mol. The number of aryl methyl sites for hydroxylation is 1. The van der Waals surface area contributed by atoms with Crippen molar-refractivity contribution in [2.45, 2.75) is 58.7 Å². The highest BCUT2D eigenvalue weighted by atomic mass is 28.3. The van der Waals surface area contributed by atoms with E-state index in [0.29, 0.717) is 0 Å². The molecule has 0 saturated carbocycles. The van der Waals surface area contributed by atoms with E-state index in [2.05, 4.69) is 86.0 Å². The average molecular weight is 307 g/mol. The lowest BCUT2D eigenvalue weighted by Crippen LogP contribution is -2.16. The van der Waals surface area contributed by atoms with E-state index >= 15 is 0 Å². The van der Waals surface area contributed by atoms with Gasteiger partial charge in [0.2, 0.25) is 0 Å². The molecule has 0 unspecified atom stereocenters. The Kier molecular flexibility index (Phi) is 8.21. The second kappa shape index (κ2) is 9.95. The van der Waals surface area contributed by atoms with E-state index in [-0.39, 0.29) is 0 Å². The lowest BCUT2D eigenvalue weighted by molar-refractivity contribution is 0.667. The summed E-state index contributed by atoms with van der Waals surface area (Å²) in [7, 11) is -1.32. The monoisotopic (exact) mass is 306 g/mol. The maximum atomic E-state index is 3.20. The Morgan fingerprint density at radius 3 is 2.14 bits per heavy atom. The third kappa shape index (κ3) is 9.13. The normalized spacial score (nSPS) is 9.64. The summed E-state index contributed by atoms with van der Waals surface area (Å²) in [4.78, 5) is 0. The quantitative estimate of drug-likeness (QED) is 0.406. The molecule has 1 aromatic carbocycles. The molecule has 114 valence electrons. The highest BCUT2D eigenvalue weighted by molar-refractivity contribution is 6.83. The summed E-state index contributed by atoms with van der Waals surface area (Å²) in [6.07, 6.45) is 6.40. The van der Waals surface area contributed by atoms with Gasteiger partial charge in [-0.25, -0.2) is 0 Å². The maximum Gasteiger partial charge on any atom is 0.130 e. The average Bonchev–Trinajstić information content (AvgIpc) is 2.47. The third-order valence-electron chi connectivity index (χ3n) is 3.10. The van der Waals surface area contributed by atoms with Crippen LogP contribution in [0.25, 0.3) is 0 Å². The Morgan fingerprint density at radius 1 is 0.818 bits per heavy atom. The molecule has 1 rings (SSSR count). The molecule has 0 aromatic heterocycles. The van der Waals surface area contributed by atoms with E-state index in [1.54, 1.807) is 0 Å². The SMILES string of the molecule is CCCCCCc1ccc(C#CC#CC#C[Si](C)(C)C)cc1. The van der Waals surface area contributed by atoms with Crippen molar-refractivity contribution < 1.29 is 0 Å². The molecule has 0 N–H and O–H groups in total. The standard InChI is InChI=1S/C21H26Si/c1-5-6-7-10-13-20-15-17-21(18-16-20)14-11-8-9-12-19-22(2,3)4/h15-18H,5-7,10,13H2,1-4H3. The molecule has 1 heteroatoms. The van der Waals surface area contributed by atoms with E-state index in [4.69, 9.17) is 0 Å². The molecule has 1 aromatic rings. The fourth-order valence-corrected chi connectivity index (χ4v) is 2.33. The summed E-state index contributed by atoms with van der Waals surface area (Å²) in [5, 5.41) is 0. The summed E-state index contributed by atoms with van der Waals surface area (Å²) in [5.41, 5.74) is 5.62. The first-order valence-corrected chi connectivity index (χ1v) is 11.6. The van der Waals surface area contributed by atoms with Crippen molar-refractivity contribution in [3.63, 3.8) is 0 Å². The first kappa shape index (κ1) is 18.2. The number of rotatable bonds is 5. The zero-order valence-corrected chi connectivity index (χ0v) is 15.3. The summed E-state index contributed by atoms with van der Waals surface area (Å²) in [5.74, 6) is 14.5.